The lowest BCUT2D eigenvalue weighted by Gasteiger charge is -2.13. The molecule has 0 fully saturated rings. The van der Waals surface area contributed by atoms with Crippen LogP contribution in [0.1, 0.15) is 17.2 Å². The first-order chi connectivity index (χ1) is 9.83. The SMILES string of the molecule is NC(Cc1ccc(OC(F)(F)F)cc1)c1ccc(Cl)cc1. The lowest BCUT2D eigenvalue weighted by Crippen LogP contribution is -2.17. The Morgan fingerprint density at radius 2 is 1.57 bits per heavy atom. The molecule has 1 atom stereocenters. The fourth-order valence-corrected chi connectivity index (χ4v) is 2.03. The van der Waals surface area contributed by atoms with Gasteiger partial charge in [-0.1, -0.05) is 35.9 Å². The van der Waals surface area contributed by atoms with Crippen LogP contribution in [-0.2, 0) is 6.42 Å². The number of benzene rings is 2. The van der Waals surface area contributed by atoms with E-state index in [4.69, 9.17) is 17.3 Å². The van der Waals surface area contributed by atoms with Crippen LogP contribution >= 0.6 is 11.6 Å². The van der Waals surface area contributed by atoms with Crippen molar-refractivity contribution in [1.29, 1.82) is 0 Å². The molecule has 2 aromatic rings. The van der Waals surface area contributed by atoms with E-state index in [2.05, 4.69) is 4.74 Å². The Morgan fingerprint density at radius 1 is 1.00 bits per heavy atom. The second-order valence-electron chi connectivity index (χ2n) is 4.55. The first-order valence-electron chi connectivity index (χ1n) is 6.19. The summed E-state index contributed by atoms with van der Waals surface area (Å²) >= 11 is 5.80. The molecule has 0 radical (unpaired) electrons. The van der Waals surface area contributed by atoms with Crippen molar-refractivity contribution in [2.45, 2.75) is 18.8 Å². The maximum atomic E-state index is 12.1. The smallest absolute Gasteiger partial charge is 0.406 e. The fraction of sp³-hybridized carbons (Fsp3) is 0.200. The fourth-order valence-electron chi connectivity index (χ4n) is 1.91. The molecule has 6 heteroatoms. The zero-order valence-corrected chi connectivity index (χ0v) is 11.7. The highest BCUT2D eigenvalue weighted by Crippen LogP contribution is 2.24. The summed E-state index contributed by atoms with van der Waals surface area (Å²) in [7, 11) is 0. The van der Waals surface area contributed by atoms with E-state index < -0.39 is 6.36 Å². The van der Waals surface area contributed by atoms with Crippen LogP contribution in [0.25, 0.3) is 0 Å². The van der Waals surface area contributed by atoms with Gasteiger partial charge in [0.1, 0.15) is 5.75 Å². The zero-order valence-electron chi connectivity index (χ0n) is 10.9. The highest BCUT2D eigenvalue weighted by Gasteiger charge is 2.30. The van der Waals surface area contributed by atoms with Crippen molar-refractivity contribution in [3.63, 3.8) is 0 Å². The largest absolute Gasteiger partial charge is 0.573 e. The molecule has 0 aliphatic heterocycles. The lowest BCUT2D eigenvalue weighted by atomic mass is 10.00. The van der Waals surface area contributed by atoms with Crippen LogP contribution in [-0.4, -0.2) is 6.36 Å². The van der Waals surface area contributed by atoms with E-state index in [1.54, 1.807) is 24.3 Å². The van der Waals surface area contributed by atoms with Crippen molar-refractivity contribution in [2.75, 3.05) is 0 Å². The molecule has 0 aromatic heterocycles. The van der Waals surface area contributed by atoms with Gasteiger partial charge in [0.05, 0.1) is 0 Å². The van der Waals surface area contributed by atoms with Crippen LogP contribution in [0.15, 0.2) is 48.5 Å². The number of hydrogen-bond donors (Lipinski definition) is 1. The van der Waals surface area contributed by atoms with Crippen LogP contribution < -0.4 is 10.5 Å². The lowest BCUT2D eigenvalue weighted by molar-refractivity contribution is -0.274. The van der Waals surface area contributed by atoms with Crippen molar-refractivity contribution in [1.82, 2.24) is 0 Å². The molecule has 0 heterocycles. The molecule has 0 aliphatic rings. The van der Waals surface area contributed by atoms with Crippen molar-refractivity contribution in [3.8, 4) is 5.75 Å². The van der Waals surface area contributed by atoms with Crippen LogP contribution in [0.2, 0.25) is 5.02 Å². The Labute approximate surface area is 125 Å². The van der Waals surface area contributed by atoms with E-state index in [0.29, 0.717) is 11.4 Å². The Bertz CT molecular complexity index is 581. The topological polar surface area (TPSA) is 35.2 Å². The molecule has 0 saturated carbocycles. The molecule has 2 N–H and O–H groups in total. The number of halogens is 4. The summed E-state index contributed by atoms with van der Waals surface area (Å²) in [5.74, 6) is -0.244. The van der Waals surface area contributed by atoms with Gasteiger partial charge in [-0.25, -0.2) is 0 Å². The molecule has 112 valence electrons. The number of alkyl halides is 3. The summed E-state index contributed by atoms with van der Waals surface area (Å²) in [5, 5.41) is 0.625. The molecule has 1 unspecified atom stereocenters. The molecule has 0 aliphatic carbocycles. The highest BCUT2D eigenvalue weighted by molar-refractivity contribution is 6.30. The van der Waals surface area contributed by atoms with E-state index in [9.17, 15) is 13.2 Å². The summed E-state index contributed by atoms with van der Waals surface area (Å²) < 4.78 is 40.0. The zero-order chi connectivity index (χ0) is 15.5. The van der Waals surface area contributed by atoms with Gasteiger partial charge < -0.3 is 10.5 Å². The van der Waals surface area contributed by atoms with Gasteiger partial charge in [0.25, 0.3) is 0 Å². The standard InChI is InChI=1S/C15H13ClF3NO/c16-12-5-3-11(4-6-12)14(20)9-10-1-7-13(8-2-10)21-15(17,18)19/h1-8,14H,9,20H2. The Kier molecular flexibility index (Phi) is 4.75. The van der Waals surface area contributed by atoms with Crippen molar-refractivity contribution >= 4 is 11.6 Å². The minimum absolute atomic E-state index is 0.244. The second-order valence-corrected chi connectivity index (χ2v) is 4.99. The van der Waals surface area contributed by atoms with Gasteiger partial charge in [0, 0.05) is 11.1 Å². The molecule has 0 bridgehead atoms. The van der Waals surface area contributed by atoms with E-state index in [0.717, 1.165) is 11.1 Å². The van der Waals surface area contributed by atoms with Crippen molar-refractivity contribution in [2.24, 2.45) is 5.73 Å². The molecule has 21 heavy (non-hydrogen) atoms. The van der Waals surface area contributed by atoms with Gasteiger partial charge in [-0.05, 0) is 41.8 Å². The maximum absolute atomic E-state index is 12.1. The normalized spacial score (nSPS) is 13.0. The van der Waals surface area contributed by atoms with Crippen LogP contribution in [0, 0.1) is 0 Å². The van der Waals surface area contributed by atoms with E-state index >= 15 is 0 Å². The van der Waals surface area contributed by atoms with Gasteiger partial charge >= 0.3 is 6.36 Å². The molecule has 0 spiro atoms. The monoisotopic (exact) mass is 315 g/mol. The van der Waals surface area contributed by atoms with Gasteiger partial charge in [-0.2, -0.15) is 0 Å². The predicted molar refractivity (Wildman–Crippen MR) is 75.2 cm³/mol. The summed E-state index contributed by atoms with van der Waals surface area (Å²) in [5.41, 5.74) is 7.80. The highest BCUT2D eigenvalue weighted by atomic mass is 35.5. The molecule has 2 aromatic carbocycles. The molecule has 0 amide bonds. The first kappa shape index (κ1) is 15.7. The number of nitrogens with two attached hydrogens (primary N) is 1. The van der Waals surface area contributed by atoms with Crippen molar-refractivity contribution < 1.29 is 17.9 Å². The van der Waals surface area contributed by atoms with E-state index in [1.165, 1.54) is 12.1 Å². The first-order valence-corrected chi connectivity index (χ1v) is 6.57. The van der Waals surface area contributed by atoms with Crippen LogP contribution in [0.5, 0.6) is 5.75 Å². The molecular weight excluding hydrogens is 303 g/mol. The Balaban J connectivity index is 2.01. The maximum Gasteiger partial charge on any atom is 0.573 e. The average molecular weight is 316 g/mol. The summed E-state index contributed by atoms with van der Waals surface area (Å²) in [6.07, 6.45) is -4.17. The Hall–Kier alpha value is -1.72. The third-order valence-corrected chi connectivity index (χ3v) is 3.16. The van der Waals surface area contributed by atoms with Crippen LogP contribution in [0.4, 0.5) is 13.2 Å². The van der Waals surface area contributed by atoms with Gasteiger partial charge in [0.2, 0.25) is 0 Å². The minimum atomic E-state index is -4.68. The van der Waals surface area contributed by atoms with Crippen LogP contribution in [0.3, 0.4) is 0 Å². The molecular formula is C15H13ClF3NO. The summed E-state index contributed by atoms with van der Waals surface area (Å²) in [6, 6.07) is 12.6. The quantitative estimate of drug-likeness (QED) is 0.902. The minimum Gasteiger partial charge on any atom is -0.406 e. The number of hydrogen-bond acceptors (Lipinski definition) is 2. The number of ether oxygens (including phenoxy) is 1. The predicted octanol–water partition coefficient (Wildman–Crippen LogP) is 4.48. The Morgan fingerprint density at radius 3 is 2.10 bits per heavy atom. The third kappa shape index (κ3) is 4.95. The van der Waals surface area contributed by atoms with Gasteiger partial charge in [-0.15, -0.1) is 13.2 Å². The summed E-state index contributed by atoms with van der Waals surface area (Å²) in [4.78, 5) is 0. The van der Waals surface area contributed by atoms with Gasteiger partial charge in [0.15, 0.2) is 0 Å². The molecule has 2 rings (SSSR count). The van der Waals surface area contributed by atoms with Crippen molar-refractivity contribution in [3.05, 3.63) is 64.7 Å². The second kappa shape index (κ2) is 6.37. The molecule has 0 saturated heterocycles. The average Bonchev–Trinajstić information content (AvgIpc) is 2.40. The van der Waals surface area contributed by atoms with E-state index in [1.807, 2.05) is 12.1 Å². The third-order valence-electron chi connectivity index (χ3n) is 2.91. The molecule has 2 nitrogen and oxygen atoms in total. The van der Waals surface area contributed by atoms with Gasteiger partial charge in [-0.3, -0.25) is 0 Å². The number of rotatable bonds is 4. The summed E-state index contributed by atoms with van der Waals surface area (Å²) in [6.45, 7) is 0. The van der Waals surface area contributed by atoms with E-state index in [-0.39, 0.29) is 11.8 Å².